The smallest absolute Gasteiger partial charge is 0.310 e. The van der Waals surface area contributed by atoms with Crippen LogP contribution in [0.15, 0.2) is 0 Å². The van der Waals surface area contributed by atoms with Crippen molar-refractivity contribution in [3.63, 3.8) is 0 Å². The van der Waals surface area contributed by atoms with Crippen LogP contribution in [0.2, 0.25) is 0 Å². The molecule has 0 aromatic rings. The monoisotopic (exact) mass is 275 g/mol. The van der Waals surface area contributed by atoms with Crippen LogP contribution in [-0.4, -0.2) is 55.0 Å². The van der Waals surface area contributed by atoms with E-state index in [4.69, 9.17) is 0 Å². The fourth-order valence-corrected chi connectivity index (χ4v) is 4.77. The molecule has 2 aliphatic rings. The minimum atomic E-state index is -2.93. The van der Waals surface area contributed by atoms with Gasteiger partial charge < -0.3 is 5.11 Å². The summed E-state index contributed by atoms with van der Waals surface area (Å²) in [4.78, 5) is 13.5. The molecule has 104 valence electrons. The van der Waals surface area contributed by atoms with Gasteiger partial charge in [-0.25, -0.2) is 8.42 Å². The van der Waals surface area contributed by atoms with E-state index in [1.165, 1.54) is 0 Å². The lowest BCUT2D eigenvalue weighted by atomic mass is 9.85. The van der Waals surface area contributed by atoms with Crippen LogP contribution in [0, 0.1) is 5.41 Å². The van der Waals surface area contributed by atoms with E-state index in [0.717, 1.165) is 25.7 Å². The number of carboxylic acid groups (broad SMARTS) is 1. The van der Waals surface area contributed by atoms with Crippen molar-refractivity contribution in [1.29, 1.82) is 0 Å². The van der Waals surface area contributed by atoms with Crippen molar-refractivity contribution in [3.8, 4) is 0 Å². The Hall–Kier alpha value is -0.620. The van der Waals surface area contributed by atoms with Crippen LogP contribution in [0.4, 0.5) is 0 Å². The zero-order valence-electron chi connectivity index (χ0n) is 10.8. The Labute approximate surface area is 108 Å². The minimum absolute atomic E-state index is 0.0689. The molecular formula is C12H21NO4S. The number of carboxylic acids is 1. The second kappa shape index (κ2) is 4.81. The summed E-state index contributed by atoms with van der Waals surface area (Å²) < 4.78 is 23.0. The highest BCUT2D eigenvalue weighted by atomic mass is 32.2. The first kappa shape index (κ1) is 13.8. The second-order valence-electron chi connectivity index (χ2n) is 5.73. The van der Waals surface area contributed by atoms with Crippen LogP contribution < -0.4 is 0 Å². The van der Waals surface area contributed by atoms with Gasteiger partial charge in [0.2, 0.25) is 0 Å². The number of nitrogens with zero attached hydrogens (tertiary/aromatic N) is 1. The third kappa shape index (κ3) is 2.69. The van der Waals surface area contributed by atoms with E-state index in [1.54, 1.807) is 0 Å². The largest absolute Gasteiger partial charge is 0.481 e. The topological polar surface area (TPSA) is 74.7 Å². The van der Waals surface area contributed by atoms with Crippen LogP contribution in [0.3, 0.4) is 0 Å². The Morgan fingerprint density at radius 2 is 2.00 bits per heavy atom. The average molecular weight is 275 g/mol. The number of hydrogen-bond acceptors (Lipinski definition) is 4. The predicted octanol–water partition coefficient (Wildman–Crippen LogP) is 0.750. The molecule has 1 heterocycles. The summed E-state index contributed by atoms with van der Waals surface area (Å²) in [7, 11) is -2.93. The second-order valence-corrected chi connectivity index (χ2v) is 7.96. The summed E-state index contributed by atoms with van der Waals surface area (Å²) in [5, 5.41) is 9.44. The van der Waals surface area contributed by atoms with E-state index in [-0.39, 0.29) is 17.5 Å². The number of hydrogen-bond donors (Lipinski definition) is 1. The third-order valence-electron chi connectivity index (χ3n) is 4.33. The maximum absolute atomic E-state index is 11.5. The lowest BCUT2D eigenvalue weighted by Crippen LogP contribution is -2.52. The molecule has 1 saturated heterocycles. The first-order valence-electron chi connectivity index (χ1n) is 6.53. The molecule has 18 heavy (non-hydrogen) atoms. The normalized spacial score (nSPS) is 31.3. The fraction of sp³-hybridized carbons (Fsp3) is 0.917. The van der Waals surface area contributed by atoms with Gasteiger partial charge in [-0.2, -0.15) is 0 Å². The Morgan fingerprint density at radius 3 is 2.50 bits per heavy atom. The van der Waals surface area contributed by atoms with Crippen molar-refractivity contribution in [3.05, 3.63) is 0 Å². The molecule has 1 aliphatic carbocycles. The summed E-state index contributed by atoms with van der Waals surface area (Å²) in [6.45, 7) is 2.85. The van der Waals surface area contributed by atoms with Gasteiger partial charge in [-0.3, -0.25) is 9.69 Å². The minimum Gasteiger partial charge on any atom is -0.481 e. The van der Waals surface area contributed by atoms with E-state index in [0.29, 0.717) is 13.1 Å². The Kier molecular flexibility index (Phi) is 3.69. The lowest BCUT2D eigenvalue weighted by Gasteiger charge is -2.38. The molecule has 1 saturated carbocycles. The first-order valence-corrected chi connectivity index (χ1v) is 8.35. The molecular weight excluding hydrogens is 254 g/mol. The van der Waals surface area contributed by atoms with Crippen LogP contribution >= 0.6 is 0 Å². The maximum atomic E-state index is 11.5. The van der Waals surface area contributed by atoms with Gasteiger partial charge in [-0.1, -0.05) is 12.8 Å². The van der Waals surface area contributed by atoms with Crippen molar-refractivity contribution in [2.45, 2.75) is 38.6 Å². The zero-order chi connectivity index (χ0) is 13.4. The van der Waals surface area contributed by atoms with Crippen molar-refractivity contribution in [2.24, 2.45) is 5.41 Å². The van der Waals surface area contributed by atoms with Gasteiger partial charge >= 0.3 is 5.97 Å². The summed E-state index contributed by atoms with van der Waals surface area (Å²) in [5.41, 5.74) is -0.643. The number of carbonyl (C=O) groups is 1. The Balaban J connectivity index is 2.07. The summed E-state index contributed by atoms with van der Waals surface area (Å²) in [6, 6.07) is -0.0689. The van der Waals surface area contributed by atoms with Crippen LogP contribution in [-0.2, 0) is 14.6 Å². The zero-order valence-corrected chi connectivity index (χ0v) is 11.6. The maximum Gasteiger partial charge on any atom is 0.310 e. The van der Waals surface area contributed by atoms with Crippen molar-refractivity contribution in [1.82, 2.24) is 4.90 Å². The molecule has 2 rings (SSSR count). The van der Waals surface area contributed by atoms with Crippen molar-refractivity contribution < 1.29 is 18.3 Å². The lowest BCUT2D eigenvalue weighted by molar-refractivity contribution is -0.150. The molecule has 0 radical (unpaired) electrons. The number of sulfone groups is 1. The Morgan fingerprint density at radius 1 is 1.39 bits per heavy atom. The Bertz CT molecular complexity index is 425. The van der Waals surface area contributed by atoms with Gasteiger partial charge in [0.25, 0.3) is 0 Å². The van der Waals surface area contributed by atoms with Crippen LogP contribution in [0.25, 0.3) is 0 Å². The quantitative estimate of drug-likeness (QED) is 0.822. The van der Waals surface area contributed by atoms with Crippen molar-refractivity contribution in [2.75, 3.05) is 24.6 Å². The van der Waals surface area contributed by atoms with Crippen LogP contribution in [0.5, 0.6) is 0 Å². The predicted molar refractivity (Wildman–Crippen MR) is 68.2 cm³/mol. The fourth-order valence-electron chi connectivity index (χ4n) is 3.15. The molecule has 0 spiro atoms. The SMILES string of the molecule is CC1CS(=O)(=O)CCN1CC1(C(=O)O)CCCC1. The molecule has 1 N–H and O–H groups in total. The third-order valence-corrected chi connectivity index (χ3v) is 6.12. The van der Waals surface area contributed by atoms with Gasteiger partial charge in [0, 0.05) is 19.1 Å². The molecule has 0 aromatic heterocycles. The number of aliphatic carboxylic acids is 1. The standard InChI is InChI=1S/C12H21NO4S/c1-10-8-18(16,17)7-6-13(10)9-12(11(14)15)4-2-3-5-12/h10H,2-9H2,1H3,(H,14,15). The van der Waals surface area contributed by atoms with Gasteiger partial charge in [-0.05, 0) is 19.8 Å². The van der Waals surface area contributed by atoms with Gasteiger partial charge in [0.15, 0.2) is 9.84 Å². The van der Waals surface area contributed by atoms with Crippen LogP contribution in [0.1, 0.15) is 32.6 Å². The molecule has 0 bridgehead atoms. The van der Waals surface area contributed by atoms with E-state index in [9.17, 15) is 18.3 Å². The molecule has 0 aromatic carbocycles. The molecule has 2 fully saturated rings. The summed E-state index contributed by atoms with van der Waals surface area (Å²) in [6.07, 6.45) is 3.37. The van der Waals surface area contributed by atoms with E-state index < -0.39 is 21.2 Å². The van der Waals surface area contributed by atoms with E-state index in [1.807, 2.05) is 11.8 Å². The highest BCUT2D eigenvalue weighted by Gasteiger charge is 2.44. The molecule has 1 unspecified atom stereocenters. The molecule has 6 heteroatoms. The van der Waals surface area contributed by atoms with Gasteiger partial charge in [-0.15, -0.1) is 0 Å². The highest BCUT2D eigenvalue weighted by molar-refractivity contribution is 7.91. The van der Waals surface area contributed by atoms with E-state index >= 15 is 0 Å². The van der Waals surface area contributed by atoms with Crippen molar-refractivity contribution >= 4 is 15.8 Å². The van der Waals surface area contributed by atoms with Gasteiger partial charge in [0.05, 0.1) is 16.9 Å². The summed E-state index contributed by atoms with van der Waals surface area (Å²) in [5.74, 6) is -0.406. The van der Waals surface area contributed by atoms with Gasteiger partial charge in [0.1, 0.15) is 0 Å². The summed E-state index contributed by atoms with van der Waals surface area (Å²) >= 11 is 0. The van der Waals surface area contributed by atoms with E-state index in [2.05, 4.69) is 0 Å². The number of rotatable bonds is 3. The average Bonchev–Trinajstić information content (AvgIpc) is 2.71. The highest BCUT2D eigenvalue weighted by Crippen LogP contribution is 2.39. The molecule has 0 amide bonds. The first-order chi connectivity index (χ1) is 8.35. The molecule has 1 atom stereocenters. The molecule has 1 aliphatic heterocycles. The molecule has 5 nitrogen and oxygen atoms in total.